The Morgan fingerprint density at radius 1 is 0.854 bits per heavy atom. The molecular weight excluding hydrogens is 644 g/mol. The monoisotopic (exact) mass is 684 g/mol. The Kier molecular flexibility index (Phi) is 12.7. The van der Waals surface area contributed by atoms with Crippen molar-refractivity contribution in [2.24, 2.45) is 0 Å². The molecule has 48 heavy (non-hydrogen) atoms. The highest BCUT2D eigenvalue weighted by atomic mass is 32.2. The van der Waals surface area contributed by atoms with Crippen LogP contribution in [0.15, 0.2) is 66.7 Å². The van der Waals surface area contributed by atoms with E-state index in [1.807, 2.05) is 12.1 Å². The minimum absolute atomic E-state index is 0.0413. The second-order valence-electron chi connectivity index (χ2n) is 11.0. The summed E-state index contributed by atoms with van der Waals surface area (Å²) in [7, 11) is 6.07. The van der Waals surface area contributed by atoms with Gasteiger partial charge in [0.05, 0.1) is 53.1 Å². The molecule has 1 heterocycles. The van der Waals surface area contributed by atoms with E-state index in [-0.39, 0.29) is 44.2 Å². The van der Waals surface area contributed by atoms with E-state index in [4.69, 9.17) is 18.9 Å². The van der Waals surface area contributed by atoms with Crippen LogP contribution in [-0.2, 0) is 38.6 Å². The zero-order chi connectivity index (χ0) is 34.8. The first kappa shape index (κ1) is 36.1. The first-order chi connectivity index (χ1) is 23.0. The molecule has 2 unspecified atom stereocenters. The summed E-state index contributed by atoms with van der Waals surface area (Å²) in [5.41, 5.74) is 1.75. The highest BCUT2D eigenvalue weighted by Crippen LogP contribution is 2.26. The second-order valence-corrected chi connectivity index (χ2v) is 11.9. The maximum absolute atomic E-state index is 13.7. The van der Waals surface area contributed by atoms with Gasteiger partial charge in [-0.05, 0) is 66.1 Å². The van der Waals surface area contributed by atoms with Gasteiger partial charge in [-0.25, -0.2) is 4.21 Å². The van der Waals surface area contributed by atoms with Gasteiger partial charge in [-0.1, -0.05) is 12.1 Å². The average Bonchev–Trinajstić information content (AvgIpc) is 3.10. The van der Waals surface area contributed by atoms with Gasteiger partial charge in [-0.2, -0.15) is 9.37 Å². The molecule has 14 nitrogen and oxygen atoms in total. The number of benzene rings is 3. The van der Waals surface area contributed by atoms with E-state index in [0.717, 1.165) is 9.87 Å². The van der Waals surface area contributed by atoms with E-state index in [1.54, 1.807) is 49.6 Å². The summed E-state index contributed by atoms with van der Waals surface area (Å²) >= 11 is -2.50. The molecule has 4 rings (SSSR count). The Balaban J connectivity index is 1.54. The molecule has 2 N–H and O–H groups in total. The number of nitrogens with zero attached hydrogens (tertiary/aromatic N) is 4. The largest absolute Gasteiger partial charge is 0.497 e. The molecule has 1 aliphatic heterocycles. The molecule has 0 aliphatic carbocycles. The van der Waals surface area contributed by atoms with Gasteiger partial charge in [0.25, 0.3) is 5.91 Å². The summed E-state index contributed by atoms with van der Waals surface area (Å²) in [6.45, 7) is -0.699. The Morgan fingerprint density at radius 3 is 1.96 bits per heavy atom. The van der Waals surface area contributed by atoms with E-state index < -0.39 is 35.7 Å². The number of hydroxylamine groups is 1. The van der Waals surface area contributed by atoms with Crippen molar-refractivity contribution in [3.05, 3.63) is 77.9 Å². The maximum atomic E-state index is 13.7. The molecule has 2 atom stereocenters. The number of hydrogen-bond acceptors (Lipinski definition) is 9. The molecule has 0 bridgehead atoms. The summed E-state index contributed by atoms with van der Waals surface area (Å²) in [6, 6.07) is 17.7. The Bertz CT molecular complexity index is 1570. The predicted molar refractivity (Wildman–Crippen MR) is 176 cm³/mol. The van der Waals surface area contributed by atoms with Crippen LogP contribution in [0.3, 0.4) is 0 Å². The number of amides is 3. The zero-order valence-electron chi connectivity index (χ0n) is 27.2. The summed E-state index contributed by atoms with van der Waals surface area (Å²) in [4.78, 5) is 43.2. The van der Waals surface area contributed by atoms with Crippen molar-refractivity contribution in [2.75, 3.05) is 59.7 Å². The third-order valence-electron chi connectivity index (χ3n) is 7.94. The first-order valence-corrected chi connectivity index (χ1v) is 16.1. The fourth-order valence-corrected chi connectivity index (χ4v) is 5.75. The van der Waals surface area contributed by atoms with Crippen molar-refractivity contribution >= 4 is 34.7 Å². The predicted octanol–water partition coefficient (Wildman–Crippen LogP) is 2.75. The van der Waals surface area contributed by atoms with Crippen molar-refractivity contribution in [3.63, 3.8) is 0 Å². The van der Waals surface area contributed by atoms with Crippen LogP contribution < -0.4 is 24.0 Å². The lowest BCUT2D eigenvalue weighted by molar-refractivity contribution is -0.151. The summed E-state index contributed by atoms with van der Waals surface area (Å²) in [5, 5.41) is 11.2. The average molecular weight is 685 g/mol. The number of carbonyl (C=O) groups is 3. The smallest absolute Gasteiger partial charge is 0.252 e. The molecule has 1 aliphatic rings. The van der Waals surface area contributed by atoms with Gasteiger partial charge in [-0.3, -0.25) is 24.1 Å². The van der Waals surface area contributed by atoms with Gasteiger partial charge in [-0.15, -0.1) is 0 Å². The van der Waals surface area contributed by atoms with Crippen molar-refractivity contribution in [3.8, 4) is 23.0 Å². The van der Waals surface area contributed by atoms with E-state index >= 15 is 0 Å². The fraction of sp³-hybridized carbons (Fsp3) is 0.364. The molecular formula is C33H40N4O10S. The standard InChI is InChI=1S/C33H40N4O10S/c1-44-27-9-5-23(6-10-27)13-14-35(48(42)43)21-33(40)36-22-32(39)34(19-24-15-29(46-3)18-30(16-24)47-4)20-26(36)17-31(38)37(41)25-7-11-28(45-2)12-8-25/h5-12,15-16,18,26,41H,13-14,17,19-22H2,1-4H3,(H,42,43). The molecule has 1 fully saturated rings. The highest BCUT2D eigenvalue weighted by molar-refractivity contribution is 7.76. The van der Waals surface area contributed by atoms with E-state index in [1.165, 1.54) is 43.3 Å². The molecule has 3 aromatic carbocycles. The van der Waals surface area contributed by atoms with Crippen LogP contribution in [0.25, 0.3) is 0 Å². The highest BCUT2D eigenvalue weighted by Gasteiger charge is 2.38. The molecule has 3 amide bonds. The number of anilines is 1. The topological polar surface area (TPSA) is 159 Å². The normalized spacial score (nSPS) is 15.2. The number of rotatable bonds is 15. The van der Waals surface area contributed by atoms with Crippen LogP contribution in [0.4, 0.5) is 5.69 Å². The van der Waals surface area contributed by atoms with Crippen molar-refractivity contribution in [1.82, 2.24) is 14.1 Å². The molecule has 0 radical (unpaired) electrons. The minimum Gasteiger partial charge on any atom is -0.497 e. The zero-order valence-corrected chi connectivity index (χ0v) is 28.1. The summed E-state index contributed by atoms with van der Waals surface area (Å²) in [6.07, 6.45) is 0.0249. The van der Waals surface area contributed by atoms with Gasteiger partial charge in [0.2, 0.25) is 23.1 Å². The van der Waals surface area contributed by atoms with Crippen molar-refractivity contribution in [2.45, 2.75) is 25.4 Å². The van der Waals surface area contributed by atoms with Crippen LogP contribution in [0.5, 0.6) is 23.0 Å². The van der Waals surface area contributed by atoms with Crippen LogP contribution >= 0.6 is 0 Å². The first-order valence-electron chi connectivity index (χ1n) is 15.0. The third kappa shape index (κ3) is 9.44. The van der Waals surface area contributed by atoms with E-state index in [2.05, 4.69) is 0 Å². The van der Waals surface area contributed by atoms with Gasteiger partial charge < -0.3 is 28.7 Å². The molecule has 0 saturated carbocycles. The Hall–Kier alpha value is -4.70. The van der Waals surface area contributed by atoms with Crippen LogP contribution in [0, 0.1) is 0 Å². The molecule has 258 valence electrons. The lowest BCUT2D eigenvalue weighted by Gasteiger charge is -2.41. The van der Waals surface area contributed by atoms with E-state index in [9.17, 15) is 28.4 Å². The van der Waals surface area contributed by atoms with E-state index in [0.29, 0.717) is 40.0 Å². The molecule has 0 aromatic heterocycles. The Morgan fingerprint density at radius 2 is 1.42 bits per heavy atom. The lowest BCUT2D eigenvalue weighted by Crippen LogP contribution is -2.60. The van der Waals surface area contributed by atoms with Crippen LogP contribution in [0.1, 0.15) is 17.5 Å². The molecule has 15 heteroatoms. The summed E-state index contributed by atoms with van der Waals surface area (Å²) in [5.74, 6) is 0.528. The molecule has 1 saturated heterocycles. The quantitative estimate of drug-likeness (QED) is 0.139. The number of ether oxygens (including phenoxy) is 4. The van der Waals surface area contributed by atoms with Gasteiger partial charge in [0.1, 0.15) is 29.5 Å². The lowest BCUT2D eigenvalue weighted by atomic mass is 10.1. The summed E-state index contributed by atoms with van der Waals surface area (Å²) < 4.78 is 44.4. The van der Waals surface area contributed by atoms with Gasteiger partial charge in [0.15, 0.2) is 0 Å². The molecule has 3 aromatic rings. The van der Waals surface area contributed by atoms with Gasteiger partial charge >= 0.3 is 0 Å². The fourth-order valence-electron chi connectivity index (χ4n) is 5.28. The molecule has 0 spiro atoms. The van der Waals surface area contributed by atoms with Crippen LogP contribution in [0.2, 0.25) is 0 Å². The number of carbonyl (C=O) groups excluding carboxylic acids is 3. The third-order valence-corrected chi connectivity index (χ3v) is 8.69. The minimum atomic E-state index is -2.50. The number of methoxy groups -OCH3 is 4. The van der Waals surface area contributed by atoms with Crippen molar-refractivity contribution < 1.29 is 47.3 Å². The number of hydrogen-bond donors (Lipinski definition) is 2. The van der Waals surface area contributed by atoms with Gasteiger partial charge in [0, 0.05) is 25.7 Å². The maximum Gasteiger partial charge on any atom is 0.252 e. The SMILES string of the molecule is COc1ccc(CCN(CC(=O)N2CC(=O)N(Cc3cc(OC)cc(OC)c3)CC2CC(=O)N(O)c2ccc(OC)cc2)S(=O)O)cc1. The van der Waals surface area contributed by atoms with Crippen molar-refractivity contribution in [1.29, 1.82) is 0 Å². The second kappa shape index (κ2) is 16.9. The number of piperazine rings is 1. The van der Waals surface area contributed by atoms with Crippen LogP contribution in [-0.4, -0.2) is 106 Å². The Labute approximate surface area is 281 Å².